The summed E-state index contributed by atoms with van der Waals surface area (Å²) in [6.07, 6.45) is 4.03. The van der Waals surface area contributed by atoms with Crippen LogP contribution in [0.4, 0.5) is 0 Å². The average Bonchev–Trinajstić information content (AvgIpc) is 2.51. The van der Waals surface area contributed by atoms with Gasteiger partial charge in [-0.2, -0.15) is 0 Å². The van der Waals surface area contributed by atoms with Gasteiger partial charge in [0.15, 0.2) is 8.32 Å². The van der Waals surface area contributed by atoms with E-state index in [4.69, 9.17) is 22.1 Å². The van der Waals surface area contributed by atoms with Gasteiger partial charge in [0.2, 0.25) is 0 Å². The van der Waals surface area contributed by atoms with Crippen LogP contribution in [0.1, 0.15) is 32.6 Å². The third-order valence-corrected chi connectivity index (χ3v) is 9.67. The van der Waals surface area contributed by atoms with Crippen molar-refractivity contribution < 1.29 is 26.9 Å². The Labute approximate surface area is 142 Å². The molecular weight excluding hydrogens is 332 g/mol. The van der Waals surface area contributed by atoms with E-state index >= 15 is 0 Å². The molecule has 23 heavy (non-hydrogen) atoms. The smallest absolute Gasteiger partial charge is 0.462 e. The van der Waals surface area contributed by atoms with Crippen molar-refractivity contribution in [1.82, 2.24) is 0 Å². The number of ether oxygens (including phenoxy) is 1. The second-order valence-corrected chi connectivity index (χ2v) is 13.1. The van der Waals surface area contributed by atoms with Gasteiger partial charge in [0.25, 0.3) is 0 Å². The number of hydrogen-bond donors (Lipinski definition) is 0. The van der Waals surface area contributed by atoms with E-state index < -0.39 is 17.4 Å². The summed E-state index contributed by atoms with van der Waals surface area (Å²) >= 11 is 0. The minimum Gasteiger partial charge on any atom is -0.462 e. The quantitative estimate of drug-likeness (QED) is 0.216. The molecule has 0 aliphatic rings. The zero-order valence-electron chi connectivity index (χ0n) is 15.4. The number of carbonyl (C=O) groups is 1. The van der Waals surface area contributed by atoms with Gasteiger partial charge in [-0.1, -0.05) is 25.8 Å². The monoisotopic (exact) mass is 364 g/mol. The average molecular weight is 365 g/mol. The van der Waals surface area contributed by atoms with Crippen molar-refractivity contribution in [2.45, 2.75) is 51.7 Å². The van der Waals surface area contributed by atoms with E-state index in [1.54, 1.807) is 28.3 Å². The Morgan fingerprint density at radius 2 is 1.48 bits per heavy atom. The molecule has 0 saturated heterocycles. The predicted octanol–water partition coefficient (Wildman–Crippen LogP) is 3.26. The fourth-order valence-corrected chi connectivity index (χ4v) is 7.78. The molecule has 0 N–H and O–H groups in total. The van der Waals surface area contributed by atoms with Crippen LogP contribution >= 0.6 is 0 Å². The van der Waals surface area contributed by atoms with Gasteiger partial charge in [-0.05, 0) is 32.5 Å². The van der Waals surface area contributed by atoms with Gasteiger partial charge in [0.05, 0.1) is 6.61 Å². The van der Waals surface area contributed by atoms with E-state index in [2.05, 4.69) is 19.7 Å². The molecule has 0 atom stereocenters. The Bertz CT molecular complexity index is 361. The minimum absolute atomic E-state index is 0.313. The lowest BCUT2D eigenvalue weighted by atomic mass is 10.2. The number of esters is 1. The van der Waals surface area contributed by atoms with Gasteiger partial charge < -0.3 is 22.1 Å². The molecule has 0 aromatic rings. The first-order valence-electron chi connectivity index (χ1n) is 7.90. The summed E-state index contributed by atoms with van der Waals surface area (Å²) in [5.41, 5.74) is 0.442. The van der Waals surface area contributed by atoms with Gasteiger partial charge >= 0.3 is 15.0 Å². The minimum atomic E-state index is -2.96. The standard InChI is InChI=1S/C15H32O6Si2/c1-14(2)15(16)20-12-10-8-9-11-13-22(6,7)21-23(17-3,18-4)19-5/h1,8-13H2,2-7H3. The summed E-state index contributed by atoms with van der Waals surface area (Å²) < 4.78 is 27.1. The van der Waals surface area contributed by atoms with Crippen molar-refractivity contribution in [3.05, 3.63) is 12.2 Å². The SMILES string of the molecule is C=C(C)C(=O)OCCCCCC[Si](C)(C)O[Si](OC)(OC)OC. The third kappa shape index (κ3) is 9.38. The molecule has 136 valence electrons. The molecule has 0 aromatic heterocycles. The van der Waals surface area contributed by atoms with E-state index in [9.17, 15) is 4.79 Å². The highest BCUT2D eigenvalue weighted by atomic mass is 28.5. The molecular formula is C15H32O6Si2. The molecule has 0 aliphatic heterocycles. The lowest BCUT2D eigenvalue weighted by Crippen LogP contribution is -2.53. The Balaban J connectivity index is 3.94. The van der Waals surface area contributed by atoms with E-state index in [-0.39, 0.29) is 5.97 Å². The summed E-state index contributed by atoms with van der Waals surface area (Å²) in [5, 5.41) is 0. The molecule has 0 fully saturated rings. The molecule has 0 heterocycles. The third-order valence-electron chi connectivity index (χ3n) is 3.41. The first-order valence-corrected chi connectivity index (χ1v) is 12.6. The maximum absolute atomic E-state index is 11.2. The van der Waals surface area contributed by atoms with E-state index in [1.165, 1.54) is 0 Å². The van der Waals surface area contributed by atoms with Crippen LogP contribution in [0.3, 0.4) is 0 Å². The van der Waals surface area contributed by atoms with Crippen molar-refractivity contribution in [2.75, 3.05) is 27.9 Å². The molecule has 6 nitrogen and oxygen atoms in total. The summed E-state index contributed by atoms with van der Waals surface area (Å²) in [6.45, 7) is 9.93. The van der Waals surface area contributed by atoms with Crippen LogP contribution in [-0.4, -0.2) is 51.3 Å². The molecule has 0 radical (unpaired) electrons. The summed E-state index contributed by atoms with van der Waals surface area (Å²) in [5.74, 6) is -0.313. The largest absolute Gasteiger partial charge is 0.668 e. The van der Waals surface area contributed by atoms with Crippen LogP contribution in [0.2, 0.25) is 19.1 Å². The van der Waals surface area contributed by atoms with Crippen LogP contribution < -0.4 is 0 Å². The summed E-state index contributed by atoms with van der Waals surface area (Å²) in [4.78, 5) is 11.2. The topological polar surface area (TPSA) is 63.2 Å². The summed E-state index contributed by atoms with van der Waals surface area (Å²) in [7, 11) is -0.220. The molecule has 0 unspecified atom stereocenters. The lowest BCUT2D eigenvalue weighted by Gasteiger charge is -2.32. The number of unbranched alkanes of at least 4 members (excludes halogenated alkanes) is 3. The molecule has 0 saturated carbocycles. The Kier molecular flexibility index (Phi) is 10.9. The van der Waals surface area contributed by atoms with Crippen molar-refractivity contribution in [3.8, 4) is 0 Å². The predicted molar refractivity (Wildman–Crippen MR) is 94.4 cm³/mol. The van der Waals surface area contributed by atoms with Crippen molar-refractivity contribution in [1.29, 1.82) is 0 Å². The fourth-order valence-electron chi connectivity index (χ4n) is 2.06. The van der Waals surface area contributed by atoms with Gasteiger partial charge in [-0.25, -0.2) is 4.79 Å². The van der Waals surface area contributed by atoms with Crippen LogP contribution in [0.5, 0.6) is 0 Å². The Hall–Kier alpha value is -0.516. The zero-order valence-corrected chi connectivity index (χ0v) is 17.4. The summed E-state index contributed by atoms with van der Waals surface area (Å²) in [6, 6.07) is 1.00. The van der Waals surface area contributed by atoms with Gasteiger partial charge in [0.1, 0.15) is 0 Å². The first-order chi connectivity index (χ1) is 10.7. The maximum atomic E-state index is 11.2. The molecule has 0 bridgehead atoms. The fraction of sp³-hybridized carbons (Fsp3) is 0.800. The maximum Gasteiger partial charge on any atom is 0.668 e. The molecule has 0 aromatic carbocycles. The van der Waals surface area contributed by atoms with Crippen LogP contribution in [-0.2, 0) is 26.9 Å². The van der Waals surface area contributed by atoms with Crippen molar-refractivity contribution in [3.63, 3.8) is 0 Å². The highest BCUT2D eigenvalue weighted by Gasteiger charge is 2.47. The number of carbonyl (C=O) groups excluding carboxylic acids is 1. The Morgan fingerprint density at radius 1 is 0.957 bits per heavy atom. The Morgan fingerprint density at radius 3 is 1.96 bits per heavy atom. The van der Waals surface area contributed by atoms with Crippen LogP contribution in [0, 0.1) is 0 Å². The van der Waals surface area contributed by atoms with Crippen molar-refractivity contribution >= 4 is 23.3 Å². The lowest BCUT2D eigenvalue weighted by molar-refractivity contribution is -0.139. The van der Waals surface area contributed by atoms with Gasteiger partial charge in [-0.3, -0.25) is 0 Å². The normalized spacial score (nSPS) is 12.3. The second kappa shape index (κ2) is 11.1. The molecule has 0 aliphatic carbocycles. The first kappa shape index (κ1) is 22.5. The number of rotatable bonds is 13. The van der Waals surface area contributed by atoms with Crippen LogP contribution in [0.25, 0.3) is 0 Å². The highest BCUT2D eigenvalue weighted by molar-refractivity contribution is 6.78. The molecule has 0 spiro atoms. The second-order valence-electron chi connectivity index (χ2n) is 6.05. The zero-order chi connectivity index (χ0) is 17.9. The van der Waals surface area contributed by atoms with Crippen LogP contribution in [0.15, 0.2) is 12.2 Å². The van der Waals surface area contributed by atoms with E-state index in [0.29, 0.717) is 12.2 Å². The van der Waals surface area contributed by atoms with Gasteiger partial charge in [0, 0.05) is 26.9 Å². The van der Waals surface area contributed by atoms with Gasteiger partial charge in [-0.15, -0.1) is 0 Å². The van der Waals surface area contributed by atoms with E-state index in [1.807, 2.05) is 0 Å². The molecule has 8 heteroatoms. The number of hydrogen-bond acceptors (Lipinski definition) is 6. The molecule has 0 amide bonds. The highest BCUT2D eigenvalue weighted by Crippen LogP contribution is 2.22. The van der Waals surface area contributed by atoms with Crippen molar-refractivity contribution in [2.24, 2.45) is 0 Å². The van der Waals surface area contributed by atoms with E-state index in [0.717, 1.165) is 31.7 Å². The molecule has 0 rings (SSSR count).